The van der Waals surface area contributed by atoms with E-state index in [-0.39, 0.29) is 29.4 Å². The van der Waals surface area contributed by atoms with Crippen molar-refractivity contribution in [2.45, 2.75) is 25.9 Å². The number of nitrogen functional groups attached to an aromatic ring is 1. The van der Waals surface area contributed by atoms with E-state index in [2.05, 4.69) is 20.6 Å². The van der Waals surface area contributed by atoms with Gasteiger partial charge in [-0.2, -0.15) is 9.97 Å². The predicted molar refractivity (Wildman–Crippen MR) is 101 cm³/mol. The average Bonchev–Trinajstić information content (AvgIpc) is 3.15. The Hall–Kier alpha value is -3.14. The quantitative estimate of drug-likeness (QED) is 0.470. The van der Waals surface area contributed by atoms with E-state index in [1.807, 2.05) is 6.92 Å². The highest BCUT2D eigenvalue weighted by molar-refractivity contribution is 5.71. The van der Waals surface area contributed by atoms with E-state index in [0.29, 0.717) is 25.4 Å². The fourth-order valence-electron chi connectivity index (χ4n) is 2.78. The zero-order valence-corrected chi connectivity index (χ0v) is 15.0. The molecule has 0 bridgehead atoms. The van der Waals surface area contributed by atoms with Crippen molar-refractivity contribution in [3.8, 4) is 5.75 Å². The van der Waals surface area contributed by atoms with Gasteiger partial charge in [-0.1, -0.05) is 0 Å². The maximum Gasteiger partial charge on any atom is 0.353 e. The zero-order valence-electron chi connectivity index (χ0n) is 15.0. The molecule has 2 aromatic rings. The third-order valence-corrected chi connectivity index (χ3v) is 4.04. The molecule has 144 valence electrons. The molecule has 0 aliphatic carbocycles. The lowest BCUT2D eigenvalue weighted by atomic mass is 10.2. The molecule has 1 aromatic heterocycles. The minimum Gasteiger partial charge on any atom is -0.494 e. The Morgan fingerprint density at radius 3 is 2.78 bits per heavy atom. The molecule has 1 aliphatic heterocycles. The normalized spacial score (nSPS) is 16.1. The van der Waals surface area contributed by atoms with E-state index in [1.165, 1.54) is 0 Å². The molecular formula is C17H22N6O4. The summed E-state index contributed by atoms with van der Waals surface area (Å²) in [6, 6.07) is 7.20. The molecule has 1 atom stereocenters. The second-order valence-corrected chi connectivity index (χ2v) is 5.99. The molecule has 3 rings (SSSR count). The molecule has 4 N–H and O–H groups in total. The van der Waals surface area contributed by atoms with E-state index in [4.69, 9.17) is 15.2 Å². The van der Waals surface area contributed by atoms with Gasteiger partial charge in [-0.15, -0.1) is 0 Å². The van der Waals surface area contributed by atoms with Gasteiger partial charge in [0, 0.05) is 18.8 Å². The van der Waals surface area contributed by atoms with E-state index < -0.39 is 4.92 Å². The van der Waals surface area contributed by atoms with Crippen LogP contribution in [-0.2, 0) is 4.74 Å². The fourth-order valence-corrected chi connectivity index (χ4v) is 2.78. The lowest BCUT2D eigenvalue weighted by Crippen LogP contribution is -2.20. The number of hydrogen-bond acceptors (Lipinski definition) is 9. The SMILES string of the molecule is CCOc1ccc(Nc2nc(N)c([N+](=O)[O-])c(NCC3CCCO3)n2)cc1. The van der Waals surface area contributed by atoms with Gasteiger partial charge in [0.2, 0.25) is 17.6 Å². The zero-order chi connectivity index (χ0) is 19.2. The highest BCUT2D eigenvalue weighted by Gasteiger charge is 2.24. The first kappa shape index (κ1) is 18.6. The summed E-state index contributed by atoms with van der Waals surface area (Å²) >= 11 is 0. The lowest BCUT2D eigenvalue weighted by molar-refractivity contribution is -0.383. The minimum atomic E-state index is -0.589. The largest absolute Gasteiger partial charge is 0.494 e. The molecule has 1 aromatic carbocycles. The molecule has 1 fully saturated rings. The highest BCUT2D eigenvalue weighted by Crippen LogP contribution is 2.30. The van der Waals surface area contributed by atoms with Crippen LogP contribution in [0.4, 0.5) is 29.0 Å². The van der Waals surface area contributed by atoms with Crippen LogP contribution in [0, 0.1) is 10.1 Å². The molecular weight excluding hydrogens is 352 g/mol. The van der Waals surface area contributed by atoms with Gasteiger partial charge in [0.15, 0.2) is 0 Å². The van der Waals surface area contributed by atoms with Crippen LogP contribution in [0.3, 0.4) is 0 Å². The molecule has 0 saturated carbocycles. The molecule has 0 amide bonds. The van der Waals surface area contributed by atoms with Crippen molar-refractivity contribution in [1.29, 1.82) is 0 Å². The summed E-state index contributed by atoms with van der Waals surface area (Å²) in [6.07, 6.45) is 1.88. The van der Waals surface area contributed by atoms with Gasteiger partial charge >= 0.3 is 5.69 Å². The molecule has 10 heteroatoms. The Labute approximate surface area is 156 Å². The minimum absolute atomic E-state index is 0.00307. The van der Waals surface area contributed by atoms with E-state index in [9.17, 15) is 10.1 Å². The van der Waals surface area contributed by atoms with Crippen molar-refractivity contribution >= 4 is 29.0 Å². The molecule has 1 saturated heterocycles. The Morgan fingerprint density at radius 1 is 1.37 bits per heavy atom. The van der Waals surface area contributed by atoms with Gasteiger partial charge in [0.1, 0.15) is 5.75 Å². The van der Waals surface area contributed by atoms with Gasteiger partial charge in [-0.05, 0) is 44.0 Å². The van der Waals surface area contributed by atoms with E-state index in [1.54, 1.807) is 24.3 Å². The first-order chi connectivity index (χ1) is 13.1. The van der Waals surface area contributed by atoms with Crippen molar-refractivity contribution in [2.75, 3.05) is 36.1 Å². The maximum absolute atomic E-state index is 11.3. The van der Waals surface area contributed by atoms with Crippen LogP contribution in [0.1, 0.15) is 19.8 Å². The Balaban J connectivity index is 1.79. The van der Waals surface area contributed by atoms with Crippen LogP contribution in [0.5, 0.6) is 5.75 Å². The summed E-state index contributed by atoms with van der Waals surface area (Å²) in [4.78, 5) is 19.0. The number of nitrogens with two attached hydrogens (primary N) is 1. The third kappa shape index (κ3) is 4.73. The van der Waals surface area contributed by atoms with Gasteiger partial charge < -0.3 is 25.8 Å². The number of ether oxygens (including phenoxy) is 2. The summed E-state index contributed by atoms with van der Waals surface area (Å²) < 4.78 is 10.9. The van der Waals surface area contributed by atoms with Crippen LogP contribution < -0.4 is 21.1 Å². The van der Waals surface area contributed by atoms with Crippen LogP contribution >= 0.6 is 0 Å². The maximum atomic E-state index is 11.3. The highest BCUT2D eigenvalue weighted by atomic mass is 16.6. The summed E-state index contributed by atoms with van der Waals surface area (Å²) in [5, 5.41) is 17.3. The molecule has 10 nitrogen and oxygen atoms in total. The van der Waals surface area contributed by atoms with Gasteiger partial charge in [-0.3, -0.25) is 10.1 Å². The van der Waals surface area contributed by atoms with Gasteiger partial charge in [0.05, 0.1) is 17.6 Å². The number of anilines is 4. The monoisotopic (exact) mass is 374 g/mol. The second-order valence-electron chi connectivity index (χ2n) is 5.99. The Morgan fingerprint density at radius 2 is 2.15 bits per heavy atom. The number of nitrogens with one attached hydrogen (secondary N) is 2. The smallest absolute Gasteiger partial charge is 0.353 e. The van der Waals surface area contributed by atoms with Crippen LogP contribution in [-0.4, -0.2) is 40.8 Å². The molecule has 0 spiro atoms. The van der Waals surface area contributed by atoms with Crippen molar-refractivity contribution in [1.82, 2.24) is 9.97 Å². The van der Waals surface area contributed by atoms with Crippen LogP contribution in [0.2, 0.25) is 0 Å². The summed E-state index contributed by atoms with van der Waals surface area (Å²) in [5.74, 6) is 0.762. The van der Waals surface area contributed by atoms with Crippen molar-refractivity contribution < 1.29 is 14.4 Å². The van der Waals surface area contributed by atoms with E-state index in [0.717, 1.165) is 18.6 Å². The molecule has 1 unspecified atom stereocenters. The van der Waals surface area contributed by atoms with Crippen molar-refractivity contribution in [2.24, 2.45) is 0 Å². The number of rotatable bonds is 8. The Kier molecular flexibility index (Phi) is 5.87. The average molecular weight is 374 g/mol. The van der Waals surface area contributed by atoms with Crippen molar-refractivity contribution in [3.05, 3.63) is 34.4 Å². The molecule has 0 radical (unpaired) electrons. The lowest BCUT2D eigenvalue weighted by Gasteiger charge is -2.13. The predicted octanol–water partition coefficient (Wildman–Crippen LogP) is 2.70. The Bertz CT molecular complexity index is 793. The number of nitro groups is 1. The molecule has 1 aliphatic rings. The summed E-state index contributed by atoms with van der Waals surface area (Å²) in [7, 11) is 0. The standard InChI is InChI=1S/C17H22N6O4/c1-2-26-12-7-5-11(6-8-12)20-17-21-15(18)14(23(24)25)16(22-17)19-10-13-4-3-9-27-13/h5-8,13H,2-4,9-10H2,1H3,(H4,18,19,20,21,22). The number of benzene rings is 1. The number of hydrogen-bond donors (Lipinski definition) is 3. The third-order valence-electron chi connectivity index (χ3n) is 4.04. The topological polar surface area (TPSA) is 137 Å². The first-order valence-electron chi connectivity index (χ1n) is 8.74. The fraction of sp³-hybridized carbons (Fsp3) is 0.412. The summed E-state index contributed by atoms with van der Waals surface area (Å²) in [6.45, 7) is 3.60. The van der Waals surface area contributed by atoms with Crippen molar-refractivity contribution in [3.63, 3.8) is 0 Å². The first-order valence-corrected chi connectivity index (χ1v) is 8.74. The van der Waals surface area contributed by atoms with Crippen LogP contribution in [0.15, 0.2) is 24.3 Å². The van der Waals surface area contributed by atoms with Gasteiger partial charge in [-0.25, -0.2) is 0 Å². The number of nitrogens with zero attached hydrogens (tertiary/aromatic N) is 3. The van der Waals surface area contributed by atoms with Crippen LogP contribution in [0.25, 0.3) is 0 Å². The second kappa shape index (κ2) is 8.49. The molecule has 27 heavy (non-hydrogen) atoms. The van der Waals surface area contributed by atoms with Gasteiger partial charge in [0.25, 0.3) is 0 Å². The number of aromatic nitrogens is 2. The summed E-state index contributed by atoms with van der Waals surface area (Å²) in [5.41, 5.74) is 6.16. The molecule has 2 heterocycles. The van der Waals surface area contributed by atoms with E-state index >= 15 is 0 Å².